The third-order valence-corrected chi connectivity index (χ3v) is 9.62. The van der Waals surface area contributed by atoms with Crippen LogP contribution in [0.1, 0.15) is 42.2 Å². The number of furan rings is 1. The highest BCUT2D eigenvalue weighted by Gasteiger charge is 2.33. The summed E-state index contributed by atoms with van der Waals surface area (Å²) >= 11 is 0. The minimum atomic E-state index is -4.02. The molecule has 1 heterocycles. The number of unbranched alkanes of at least 4 members (excludes halogenated alkanes) is 1. The number of hydrogen-bond acceptors (Lipinski definition) is 4. The van der Waals surface area contributed by atoms with E-state index in [1.165, 1.54) is 30.3 Å². The minimum absolute atomic E-state index is 0.0520. The van der Waals surface area contributed by atoms with Crippen LogP contribution < -0.4 is 0 Å². The van der Waals surface area contributed by atoms with Gasteiger partial charge in [0.2, 0.25) is 10.0 Å². The van der Waals surface area contributed by atoms with Crippen LogP contribution >= 0.6 is 0 Å². The first-order valence-electron chi connectivity index (χ1n) is 14.2. The Hall–Kier alpha value is -4.20. The van der Waals surface area contributed by atoms with E-state index in [0.29, 0.717) is 0 Å². The molecule has 0 radical (unpaired) electrons. The molecule has 7 heteroatoms. The smallest absolute Gasteiger partial charge is 0.322 e. The van der Waals surface area contributed by atoms with Gasteiger partial charge < -0.3 is 9.52 Å². The molecule has 0 amide bonds. The van der Waals surface area contributed by atoms with Gasteiger partial charge in [-0.2, -0.15) is 4.31 Å². The summed E-state index contributed by atoms with van der Waals surface area (Å²) in [6.07, 6.45) is 3.95. The summed E-state index contributed by atoms with van der Waals surface area (Å²) in [7, 11) is -2.70. The highest BCUT2D eigenvalue weighted by molar-refractivity contribution is 7.89. The van der Waals surface area contributed by atoms with Gasteiger partial charge >= 0.3 is 5.97 Å². The first kappa shape index (κ1) is 29.3. The van der Waals surface area contributed by atoms with Crippen LogP contribution in [0.25, 0.3) is 22.1 Å². The first-order chi connectivity index (χ1) is 20.3. The van der Waals surface area contributed by atoms with Gasteiger partial charge in [0.15, 0.2) is 0 Å². The molecule has 1 N–H and O–H groups in total. The van der Waals surface area contributed by atoms with E-state index >= 15 is 0 Å². The third kappa shape index (κ3) is 6.32. The van der Waals surface area contributed by atoms with Crippen LogP contribution in [-0.2, 0) is 34.1 Å². The number of carbonyl (C=O) groups is 1. The van der Waals surface area contributed by atoms with Crippen molar-refractivity contribution in [1.29, 1.82) is 0 Å². The second kappa shape index (κ2) is 12.8. The Morgan fingerprint density at radius 3 is 2.10 bits per heavy atom. The van der Waals surface area contributed by atoms with Gasteiger partial charge in [0.25, 0.3) is 0 Å². The largest absolute Gasteiger partial charge is 0.480 e. The lowest BCUT2D eigenvalue weighted by Crippen LogP contribution is -2.43. The zero-order valence-electron chi connectivity index (χ0n) is 23.9. The van der Waals surface area contributed by atoms with Crippen molar-refractivity contribution >= 4 is 27.0 Å². The molecule has 1 unspecified atom stereocenters. The van der Waals surface area contributed by atoms with Gasteiger partial charge in [-0.25, -0.2) is 8.42 Å². The van der Waals surface area contributed by atoms with Crippen molar-refractivity contribution < 1.29 is 22.7 Å². The van der Waals surface area contributed by atoms with E-state index in [2.05, 4.69) is 25.1 Å². The molecule has 1 aromatic heterocycles. The molecule has 0 fully saturated rings. The van der Waals surface area contributed by atoms with Crippen molar-refractivity contribution in [3.05, 3.63) is 126 Å². The second-order valence-electron chi connectivity index (χ2n) is 10.6. The Labute approximate surface area is 247 Å². The lowest BCUT2D eigenvalue weighted by Gasteiger charge is -2.24. The third-order valence-electron chi connectivity index (χ3n) is 7.73. The number of para-hydroxylation sites is 1. The number of nitrogens with zero attached hydrogens (tertiary/aromatic N) is 1. The molecule has 0 aliphatic heterocycles. The molecule has 0 aliphatic carbocycles. The molecule has 0 saturated heterocycles. The summed E-state index contributed by atoms with van der Waals surface area (Å²) < 4.78 is 33.8. The molecule has 1 atom stereocenters. The average Bonchev–Trinajstić information content (AvgIpc) is 3.36. The maximum absolute atomic E-state index is 13.4. The number of carboxylic acid groups (broad SMARTS) is 1. The van der Waals surface area contributed by atoms with Crippen molar-refractivity contribution in [3.8, 4) is 11.1 Å². The first-order valence-corrected chi connectivity index (χ1v) is 15.7. The van der Waals surface area contributed by atoms with Crippen LogP contribution in [-0.4, -0.2) is 36.9 Å². The van der Waals surface area contributed by atoms with Crippen LogP contribution in [0.2, 0.25) is 0 Å². The van der Waals surface area contributed by atoms with Gasteiger partial charge in [-0.05, 0) is 53.3 Å². The zero-order valence-corrected chi connectivity index (χ0v) is 24.7. The summed E-state index contributed by atoms with van der Waals surface area (Å²) in [5, 5.41) is 11.0. The van der Waals surface area contributed by atoms with E-state index in [9.17, 15) is 18.3 Å². The summed E-state index contributed by atoms with van der Waals surface area (Å²) in [4.78, 5) is 12.1. The van der Waals surface area contributed by atoms with Crippen LogP contribution in [0, 0.1) is 0 Å². The molecule has 6 nitrogen and oxygen atoms in total. The Morgan fingerprint density at radius 2 is 1.45 bits per heavy atom. The molecule has 216 valence electrons. The highest BCUT2D eigenvalue weighted by atomic mass is 32.2. The average molecular weight is 582 g/mol. The maximum Gasteiger partial charge on any atom is 0.322 e. The van der Waals surface area contributed by atoms with E-state index in [0.717, 1.165) is 63.4 Å². The number of benzene rings is 4. The standard InChI is InChI=1S/C35H35NO5S/c1-3-4-13-34-31(30-12-8-9-14-33(30)41-34)23-26-15-17-27(18-16-26)28-19-21-29(22-20-28)42(39,40)36(2)32(35(37)38)24-25-10-6-5-7-11-25/h5-12,14-22,32H,3-4,13,23-24H2,1-2H3,(H,37,38). The Morgan fingerprint density at radius 1 is 0.833 bits per heavy atom. The molecule has 42 heavy (non-hydrogen) atoms. The van der Waals surface area contributed by atoms with Crippen molar-refractivity contribution in [3.63, 3.8) is 0 Å². The minimum Gasteiger partial charge on any atom is -0.480 e. The van der Waals surface area contributed by atoms with Crippen molar-refractivity contribution in [2.75, 3.05) is 7.05 Å². The fourth-order valence-corrected chi connectivity index (χ4v) is 6.58. The topological polar surface area (TPSA) is 87.8 Å². The lowest BCUT2D eigenvalue weighted by atomic mass is 9.97. The molecule has 5 rings (SSSR count). The number of aryl methyl sites for hydroxylation is 1. The number of fused-ring (bicyclic) bond motifs is 1. The van der Waals surface area contributed by atoms with Gasteiger partial charge in [0, 0.05) is 30.8 Å². The Kier molecular flexibility index (Phi) is 8.90. The monoisotopic (exact) mass is 581 g/mol. The summed E-state index contributed by atoms with van der Waals surface area (Å²) in [5.41, 5.74) is 5.92. The number of hydrogen-bond donors (Lipinski definition) is 1. The van der Waals surface area contributed by atoms with Gasteiger partial charge in [-0.3, -0.25) is 4.79 Å². The number of likely N-dealkylation sites (N-methyl/N-ethyl adjacent to an activating group) is 1. The molecular weight excluding hydrogens is 546 g/mol. The Bertz CT molecular complexity index is 1760. The predicted octanol–water partition coefficient (Wildman–Crippen LogP) is 7.35. The van der Waals surface area contributed by atoms with E-state index in [-0.39, 0.29) is 11.3 Å². The van der Waals surface area contributed by atoms with E-state index in [1.807, 2.05) is 36.4 Å². The fraction of sp³-hybridized carbons (Fsp3) is 0.229. The highest BCUT2D eigenvalue weighted by Crippen LogP contribution is 2.30. The molecule has 0 bridgehead atoms. The molecular formula is C35H35NO5S. The molecule has 5 aromatic rings. The van der Waals surface area contributed by atoms with Crippen molar-refractivity contribution in [2.45, 2.75) is 50.0 Å². The van der Waals surface area contributed by atoms with Crippen LogP contribution in [0.3, 0.4) is 0 Å². The number of rotatable bonds is 12. The van der Waals surface area contributed by atoms with E-state index < -0.39 is 22.0 Å². The predicted molar refractivity (Wildman–Crippen MR) is 166 cm³/mol. The van der Waals surface area contributed by atoms with Crippen molar-refractivity contribution in [2.24, 2.45) is 0 Å². The fourth-order valence-electron chi connectivity index (χ4n) is 5.26. The summed E-state index contributed by atoms with van der Waals surface area (Å²) in [6.45, 7) is 2.18. The number of sulfonamides is 1. The molecule has 0 spiro atoms. The zero-order chi connectivity index (χ0) is 29.7. The van der Waals surface area contributed by atoms with Crippen LogP contribution in [0.15, 0.2) is 112 Å². The van der Waals surface area contributed by atoms with Gasteiger partial charge in [0.05, 0.1) is 4.90 Å². The summed E-state index contributed by atoms with van der Waals surface area (Å²) in [6, 6.07) is 30.8. The van der Waals surface area contributed by atoms with Crippen LogP contribution in [0.5, 0.6) is 0 Å². The van der Waals surface area contributed by atoms with Gasteiger partial charge in [-0.15, -0.1) is 0 Å². The molecule has 0 saturated carbocycles. The molecule has 4 aromatic carbocycles. The SMILES string of the molecule is CCCCc1oc2ccccc2c1Cc1ccc(-c2ccc(S(=O)(=O)N(C)C(Cc3ccccc3)C(=O)O)cc2)cc1. The van der Waals surface area contributed by atoms with Gasteiger partial charge in [-0.1, -0.05) is 98.3 Å². The van der Waals surface area contributed by atoms with Crippen molar-refractivity contribution in [1.82, 2.24) is 4.31 Å². The Balaban J connectivity index is 1.32. The van der Waals surface area contributed by atoms with E-state index in [1.54, 1.807) is 36.4 Å². The lowest BCUT2D eigenvalue weighted by molar-refractivity contribution is -0.141. The van der Waals surface area contributed by atoms with E-state index in [4.69, 9.17) is 4.42 Å². The number of aliphatic carboxylic acids is 1. The quantitative estimate of drug-likeness (QED) is 0.166. The normalized spacial score (nSPS) is 12.5. The number of carboxylic acids is 1. The molecule has 0 aliphatic rings. The maximum atomic E-state index is 13.4. The second-order valence-corrected chi connectivity index (χ2v) is 12.6. The van der Waals surface area contributed by atoms with Crippen LogP contribution in [0.4, 0.5) is 0 Å². The van der Waals surface area contributed by atoms with Gasteiger partial charge in [0.1, 0.15) is 17.4 Å². The summed E-state index contributed by atoms with van der Waals surface area (Å²) in [5.74, 6) is -0.139.